The Morgan fingerprint density at radius 2 is 2.12 bits per heavy atom. The SMILES string of the molecule is CCC(C)(C)NC(=O)c1cc2c(s1)CCCC2. The first-order chi connectivity index (χ1) is 8.02. The van der Waals surface area contributed by atoms with Crippen molar-refractivity contribution in [2.75, 3.05) is 0 Å². The number of hydrogen-bond donors (Lipinski definition) is 1. The Bertz CT molecular complexity index is 396. The summed E-state index contributed by atoms with van der Waals surface area (Å²) < 4.78 is 0. The van der Waals surface area contributed by atoms with Crippen molar-refractivity contribution in [2.45, 2.75) is 58.4 Å². The molecule has 1 N–H and O–H groups in total. The van der Waals surface area contributed by atoms with Gasteiger partial charge in [-0.15, -0.1) is 11.3 Å². The highest BCUT2D eigenvalue weighted by molar-refractivity contribution is 7.14. The second kappa shape index (κ2) is 4.81. The lowest BCUT2D eigenvalue weighted by molar-refractivity contribution is 0.0915. The van der Waals surface area contributed by atoms with Gasteiger partial charge in [-0.05, 0) is 57.6 Å². The first kappa shape index (κ1) is 12.6. The summed E-state index contributed by atoms with van der Waals surface area (Å²) in [6.45, 7) is 6.23. The minimum Gasteiger partial charge on any atom is -0.346 e. The molecule has 1 heterocycles. The van der Waals surface area contributed by atoms with Crippen LogP contribution < -0.4 is 5.32 Å². The molecule has 2 rings (SSSR count). The second-order valence-electron chi connectivity index (χ2n) is 5.46. The maximum atomic E-state index is 12.1. The van der Waals surface area contributed by atoms with Crippen molar-refractivity contribution >= 4 is 17.2 Å². The summed E-state index contributed by atoms with van der Waals surface area (Å²) in [4.78, 5) is 14.5. The predicted octanol–water partition coefficient (Wildman–Crippen LogP) is 3.55. The molecular formula is C14H21NOS. The van der Waals surface area contributed by atoms with Crippen molar-refractivity contribution in [2.24, 2.45) is 0 Å². The van der Waals surface area contributed by atoms with E-state index in [0.717, 1.165) is 24.1 Å². The summed E-state index contributed by atoms with van der Waals surface area (Å²) in [6, 6.07) is 2.10. The van der Waals surface area contributed by atoms with Gasteiger partial charge < -0.3 is 5.32 Å². The first-order valence-corrected chi connectivity index (χ1v) is 7.27. The zero-order valence-corrected chi connectivity index (χ0v) is 11.7. The molecule has 0 saturated carbocycles. The number of aryl methyl sites for hydroxylation is 2. The smallest absolute Gasteiger partial charge is 0.261 e. The van der Waals surface area contributed by atoms with Gasteiger partial charge in [0, 0.05) is 10.4 Å². The van der Waals surface area contributed by atoms with Crippen LogP contribution in [0.5, 0.6) is 0 Å². The molecule has 17 heavy (non-hydrogen) atoms. The van der Waals surface area contributed by atoms with Crippen molar-refractivity contribution < 1.29 is 4.79 Å². The fraction of sp³-hybridized carbons (Fsp3) is 0.643. The molecule has 0 bridgehead atoms. The molecule has 0 fully saturated rings. The topological polar surface area (TPSA) is 29.1 Å². The Hall–Kier alpha value is -0.830. The third kappa shape index (κ3) is 2.89. The predicted molar refractivity (Wildman–Crippen MR) is 72.8 cm³/mol. The summed E-state index contributed by atoms with van der Waals surface area (Å²) in [5.41, 5.74) is 1.29. The molecule has 1 aliphatic carbocycles. The minimum absolute atomic E-state index is 0.0937. The summed E-state index contributed by atoms with van der Waals surface area (Å²) in [7, 11) is 0. The van der Waals surface area contributed by atoms with Crippen LogP contribution in [0, 0.1) is 0 Å². The van der Waals surface area contributed by atoms with Gasteiger partial charge in [-0.1, -0.05) is 6.92 Å². The van der Waals surface area contributed by atoms with E-state index in [1.54, 1.807) is 11.3 Å². The van der Waals surface area contributed by atoms with Gasteiger partial charge in [0.2, 0.25) is 0 Å². The fourth-order valence-electron chi connectivity index (χ4n) is 2.06. The van der Waals surface area contributed by atoms with Crippen molar-refractivity contribution in [3.05, 3.63) is 21.4 Å². The molecule has 0 radical (unpaired) electrons. The quantitative estimate of drug-likeness (QED) is 0.874. The number of amides is 1. The first-order valence-electron chi connectivity index (χ1n) is 6.46. The van der Waals surface area contributed by atoms with E-state index in [0.29, 0.717) is 0 Å². The lowest BCUT2D eigenvalue weighted by Crippen LogP contribution is -2.42. The van der Waals surface area contributed by atoms with Crippen LogP contribution in [0.3, 0.4) is 0 Å². The highest BCUT2D eigenvalue weighted by atomic mass is 32.1. The Kier molecular flexibility index (Phi) is 3.57. The monoisotopic (exact) mass is 251 g/mol. The molecule has 1 aromatic rings. The van der Waals surface area contributed by atoms with Gasteiger partial charge in [-0.3, -0.25) is 4.79 Å². The molecular weight excluding hydrogens is 230 g/mol. The van der Waals surface area contributed by atoms with Crippen molar-refractivity contribution in [1.82, 2.24) is 5.32 Å². The number of rotatable bonds is 3. The molecule has 1 amide bonds. The zero-order valence-electron chi connectivity index (χ0n) is 10.9. The molecule has 0 saturated heterocycles. The summed E-state index contributed by atoms with van der Waals surface area (Å²) >= 11 is 1.68. The second-order valence-corrected chi connectivity index (χ2v) is 6.59. The third-order valence-corrected chi connectivity index (χ3v) is 4.79. The zero-order chi connectivity index (χ0) is 12.5. The van der Waals surface area contributed by atoms with Gasteiger partial charge in [0.1, 0.15) is 0 Å². The van der Waals surface area contributed by atoms with Crippen LogP contribution in [-0.2, 0) is 12.8 Å². The Balaban J connectivity index is 2.12. The summed E-state index contributed by atoms with van der Waals surface area (Å²) in [6.07, 6.45) is 5.80. The maximum Gasteiger partial charge on any atom is 0.261 e. The van der Waals surface area contributed by atoms with Gasteiger partial charge in [-0.25, -0.2) is 0 Å². The van der Waals surface area contributed by atoms with Gasteiger partial charge >= 0.3 is 0 Å². The standard InChI is InChI=1S/C14H21NOS/c1-4-14(2,3)15-13(16)12-9-10-7-5-6-8-11(10)17-12/h9H,4-8H2,1-3H3,(H,15,16). The lowest BCUT2D eigenvalue weighted by Gasteiger charge is -2.23. The van der Waals surface area contributed by atoms with Crippen molar-refractivity contribution in [3.8, 4) is 0 Å². The summed E-state index contributed by atoms with van der Waals surface area (Å²) in [5.74, 6) is 0.0937. The van der Waals surface area contributed by atoms with Crippen LogP contribution in [-0.4, -0.2) is 11.4 Å². The third-order valence-electron chi connectivity index (χ3n) is 3.56. The van der Waals surface area contributed by atoms with E-state index >= 15 is 0 Å². The van der Waals surface area contributed by atoms with Crippen LogP contribution >= 0.6 is 11.3 Å². The van der Waals surface area contributed by atoms with Crippen LogP contribution in [0.15, 0.2) is 6.07 Å². The van der Waals surface area contributed by atoms with Crippen molar-refractivity contribution in [3.63, 3.8) is 0 Å². The molecule has 0 spiro atoms. The van der Waals surface area contributed by atoms with E-state index in [4.69, 9.17) is 0 Å². The van der Waals surface area contributed by atoms with Gasteiger partial charge in [0.15, 0.2) is 0 Å². The van der Waals surface area contributed by atoms with E-state index in [-0.39, 0.29) is 11.4 Å². The van der Waals surface area contributed by atoms with Gasteiger partial charge in [0.05, 0.1) is 4.88 Å². The maximum absolute atomic E-state index is 12.1. The average Bonchev–Trinajstić information content (AvgIpc) is 2.72. The van der Waals surface area contributed by atoms with E-state index in [9.17, 15) is 4.79 Å². The molecule has 3 heteroatoms. The number of carbonyl (C=O) groups is 1. The van der Waals surface area contributed by atoms with Gasteiger partial charge in [-0.2, -0.15) is 0 Å². The molecule has 0 unspecified atom stereocenters. The fourth-order valence-corrected chi connectivity index (χ4v) is 3.21. The van der Waals surface area contributed by atoms with Crippen LogP contribution in [0.2, 0.25) is 0 Å². The lowest BCUT2D eigenvalue weighted by atomic mass is 9.99. The Morgan fingerprint density at radius 1 is 1.41 bits per heavy atom. The molecule has 1 aliphatic rings. The number of nitrogens with one attached hydrogen (secondary N) is 1. The normalized spacial score (nSPS) is 15.5. The molecule has 1 aromatic heterocycles. The number of hydrogen-bond acceptors (Lipinski definition) is 2. The van der Waals surface area contributed by atoms with Gasteiger partial charge in [0.25, 0.3) is 5.91 Å². The largest absolute Gasteiger partial charge is 0.346 e. The molecule has 0 aliphatic heterocycles. The Labute approximate surface area is 107 Å². The molecule has 0 atom stereocenters. The number of carbonyl (C=O) groups excluding carboxylic acids is 1. The highest BCUT2D eigenvalue weighted by Gasteiger charge is 2.22. The molecule has 0 aromatic carbocycles. The minimum atomic E-state index is -0.110. The number of thiophene rings is 1. The van der Waals surface area contributed by atoms with Crippen LogP contribution in [0.25, 0.3) is 0 Å². The van der Waals surface area contributed by atoms with E-state index in [2.05, 4.69) is 32.2 Å². The van der Waals surface area contributed by atoms with Crippen LogP contribution in [0.1, 0.15) is 60.1 Å². The number of fused-ring (bicyclic) bond motifs is 1. The van der Waals surface area contributed by atoms with Crippen LogP contribution in [0.4, 0.5) is 0 Å². The molecule has 2 nitrogen and oxygen atoms in total. The van der Waals surface area contributed by atoms with E-state index in [1.165, 1.54) is 23.3 Å². The van der Waals surface area contributed by atoms with Crippen molar-refractivity contribution in [1.29, 1.82) is 0 Å². The van der Waals surface area contributed by atoms with E-state index in [1.807, 2.05) is 0 Å². The summed E-state index contributed by atoms with van der Waals surface area (Å²) in [5, 5.41) is 3.10. The van der Waals surface area contributed by atoms with E-state index < -0.39 is 0 Å². The average molecular weight is 251 g/mol. The molecule has 94 valence electrons. The highest BCUT2D eigenvalue weighted by Crippen LogP contribution is 2.29. The Morgan fingerprint density at radius 3 is 2.76 bits per heavy atom.